The lowest BCUT2D eigenvalue weighted by Gasteiger charge is -2.10. The number of amides is 1. The van der Waals surface area contributed by atoms with Crippen LogP contribution in [0.3, 0.4) is 0 Å². The second-order valence-electron chi connectivity index (χ2n) is 6.89. The fraction of sp³-hybridized carbons (Fsp3) is 0.273. The summed E-state index contributed by atoms with van der Waals surface area (Å²) in [6.45, 7) is 8.22. The van der Waals surface area contributed by atoms with Gasteiger partial charge in [-0.2, -0.15) is 5.10 Å². The van der Waals surface area contributed by atoms with Gasteiger partial charge in [-0.25, -0.2) is 9.07 Å². The molecule has 31 heavy (non-hydrogen) atoms. The number of halogens is 1. The molecule has 0 bridgehead atoms. The zero-order valence-electron chi connectivity index (χ0n) is 17.8. The first-order chi connectivity index (χ1) is 14.9. The van der Waals surface area contributed by atoms with E-state index in [9.17, 15) is 9.18 Å². The fourth-order valence-electron chi connectivity index (χ4n) is 2.91. The highest BCUT2D eigenvalue weighted by atomic mass is 32.1. The molecule has 0 saturated carbocycles. The van der Waals surface area contributed by atoms with Crippen molar-refractivity contribution >= 4 is 27.9 Å². The lowest BCUT2D eigenvalue weighted by molar-refractivity contribution is -0.115. The van der Waals surface area contributed by atoms with Crippen LogP contribution in [-0.4, -0.2) is 32.9 Å². The number of rotatable bonds is 9. The normalized spacial score (nSPS) is 11.4. The Bertz CT molecular complexity index is 1100. The third kappa shape index (κ3) is 5.43. The predicted octanol–water partition coefficient (Wildman–Crippen LogP) is 4.27. The van der Waals surface area contributed by atoms with E-state index in [1.807, 2.05) is 19.9 Å². The first-order valence-corrected chi connectivity index (χ1v) is 10.7. The summed E-state index contributed by atoms with van der Waals surface area (Å²) >= 11 is 1.38. The Morgan fingerprint density at radius 3 is 2.68 bits per heavy atom. The van der Waals surface area contributed by atoms with Gasteiger partial charge in [-0.3, -0.25) is 4.79 Å². The first kappa shape index (κ1) is 22.4. The molecule has 2 aromatic heterocycles. The number of aromatic nitrogens is 4. The van der Waals surface area contributed by atoms with Crippen molar-refractivity contribution < 1.29 is 9.18 Å². The Kier molecular flexibility index (Phi) is 7.30. The molecule has 0 aliphatic carbocycles. The third-order valence-electron chi connectivity index (χ3n) is 4.79. The molecule has 7 nitrogen and oxygen atoms in total. The van der Waals surface area contributed by atoms with Gasteiger partial charge in [-0.1, -0.05) is 36.5 Å². The largest absolute Gasteiger partial charge is 0.363 e. The van der Waals surface area contributed by atoms with Gasteiger partial charge in [0.1, 0.15) is 10.8 Å². The molecular weight excluding hydrogens is 415 g/mol. The van der Waals surface area contributed by atoms with Crippen LogP contribution in [0.5, 0.6) is 0 Å². The molecule has 1 amide bonds. The predicted molar refractivity (Wildman–Crippen MR) is 122 cm³/mol. The smallest absolute Gasteiger partial charge is 0.252 e. The van der Waals surface area contributed by atoms with Crippen molar-refractivity contribution in [1.29, 1.82) is 0 Å². The summed E-state index contributed by atoms with van der Waals surface area (Å²) in [4.78, 5) is 13.1. The van der Waals surface area contributed by atoms with Crippen LogP contribution in [0, 0.1) is 12.7 Å². The van der Waals surface area contributed by atoms with E-state index in [1.54, 1.807) is 30.1 Å². The van der Waals surface area contributed by atoms with Gasteiger partial charge in [-0.05, 0) is 44.0 Å². The average molecular weight is 441 g/mol. The summed E-state index contributed by atoms with van der Waals surface area (Å²) in [7, 11) is 1.77. The number of nitrogens with zero attached hydrogens (tertiary/aromatic N) is 4. The van der Waals surface area contributed by atoms with Crippen molar-refractivity contribution in [3.8, 4) is 5.69 Å². The standard InChI is InChI=1S/C22H25FN6OS/c1-5-14(2)6-11-18(21(30)25-13-20-27-28-22(24-4)31-20)19-12-26-29(15(19)3)17-9-7-16(23)8-10-17/h7-12H,2,5-6,13H2,1,3-4H3,(H,24,28)(H,25,30). The molecule has 0 radical (unpaired) electrons. The van der Waals surface area contributed by atoms with Crippen molar-refractivity contribution in [2.45, 2.75) is 33.2 Å². The van der Waals surface area contributed by atoms with Gasteiger partial charge in [0.25, 0.3) is 5.91 Å². The van der Waals surface area contributed by atoms with Gasteiger partial charge in [0, 0.05) is 23.9 Å². The summed E-state index contributed by atoms with van der Waals surface area (Å²) in [5.74, 6) is -0.545. The number of allylic oxidation sites excluding steroid dienone is 2. The average Bonchev–Trinajstić information content (AvgIpc) is 3.39. The van der Waals surface area contributed by atoms with E-state index in [0.29, 0.717) is 27.7 Å². The van der Waals surface area contributed by atoms with Gasteiger partial charge in [0.05, 0.1) is 18.4 Å². The molecular formula is C22H25FN6OS. The maximum absolute atomic E-state index is 13.3. The highest BCUT2D eigenvalue weighted by Gasteiger charge is 2.19. The molecule has 0 aliphatic rings. The van der Waals surface area contributed by atoms with Crippen LogP contribution in [0.2, 0.25) is 0 Å². The van der Waals surface area contributed by atoms with Gasteiger partial charge in [0.2, 0.25) is 5.13 Å². The Morgan fingerprint density at radius 2 is 2.03 bits per heavy atom. The SMILES string of the molecule is C=C(CC)CC=C(C(=O)NCc1nnc(NC)s1)c1cnn(-c2ccc(F)cc2)c1C. The monoisotopic (exact) mass is 440 g/mol. The Labute approximate surface area is 184 Å². The molecule has 1 aromatic carbocycles. The molecule has 0 unspecified atom stereocenters. The minimum Gasteiger partial charge on any atom is -0.363 e. The second kappa shape index (κ2) is 10.1. The first-order valence-electron chi connectivity index (χ1n) is 9.89. The maximum Gasteiger partial charge on any atom is 0.252 e. The van der Waals surface area contributed by atoms with E-state index in [2.05, 4.69) is 32.5 Å². The summed E-state index contributed by atoms with van der Waals surface area (Å²) in [6, 6.07) is 6.06. The van der Waals surface area contributed by atoms with Crippen LogP contribution in [0.1, 0.15) is 36.0 Å². The number of carbonyl (C=O) groups is 1. The molecule has 0 aliphatic heterocycles. The zero-order valence-corrected chi connectivity index (χ0v) is 18.6. The van der Waals surface area contributed by atoms with Crippen molar-refractivity contribution in [1.82, 2.24) is 25.3 Å². The van der Waals surface area contributed by atoms with Crippen LogP contribution < -0.4 is 10.6 Å². The maximum atomic E-state index is 13.3. The van der Waals surface area contributed by atoms with E-state index in [-0.39, 0.29) is 18.3 Å². The van der Waals surface area contributed by atoms with Crippen LogP contribution in [0.15, 0.2) is 48.7 Å². The van der Waals surface area contributed by atoms with Gasteiger partial charge in [0.15, 0.2) is 0 Å². The van der Waals surface area contributed by atoms with Crippen LogP contribution in [0.4, 0.5) is 9.52 Å². The third-order valence-corrected chi connectivity index (χ3v) is 5.73. The molecule has 0 fully saturated rings. The second-order valence-corrected chi connectivity index (χ2v) is 7.95. The van der Waals surface area contributed by atoms with E-state index < -0.39 is 0 Å². The minimum absolute atomic E-state index is 0.230. The van der Waals surface area contributed by atoms with Crippen molar-refractivity contribution in [2.24, 2.45) is 0 Å². The topological polar surface area (TPSA) is 84.7 Å². The van der Waals surface area contributed by atoms with Gasteiger partial charge >= 0.3 is 0 Å². The van der Waals surface area contributed by atoms with Crippen LogP contribution >= 0.6 is 11.3 Å². The number of benzene rings is 1. The summed E-state index contributed by atoms with van der Waals surface area (Å²) in [5, 5.41) is 19.7. The molecule has 2 heterocycles. The fourth-order valence-corrected chi connectivity index (χ4v) is 3.54. The Hall–Kier alpha value is -3.33. The lowest BCUT2D eigenvalue weighted by Crippen LogP contribution is -2.24. The molecule has 2 N–H and O–H groups in total. The van der Waals surface area contributed by atoms with Crippen molar-refractivity contribution in [2.75, 3.05) is 12.4 Å². The number of nitrogens with one attached hydrogen (secondary N) is 2. The highest BCUT2D eigenvalue weighted by molar-refractivity contribution is 7.15. The Balaban J connectivity index is 1.87. The molecule has 3 rings (SSSR count). The summed E-state index contributed by atoms with van der Waals surface area (Å²) in [5.41, 5.74) is 3.74. The quantitative estimate of drug-likeness (QED) is 0.383. The lowest BCUT2D eigenvalue weighted by atomic mass is 10.0. The molecule has 3 aromatic rings. The van der Waals surface area contributed by atoms with E-state index in [1.165, 1.54) is 23.5 Å². The molecule has 9 heteroatoms. The van der Waals surface area contributed by atoms with E-state index in [0.717, 1.165) is 23.4 Å². The highest BCUT2D eigenvalue weighted by Crippen LogP contribution is 2.24. The minimum atomic E-state index is -0.315. The van der Waals surface area contributed by atoms with Crippen molar-refractivity contribution in [3.05, 3.63) is 70.8 Å². The number of carbonyl (C=O) groups excluding carboxylic acids is 1. The molecule has 162 valence electrons. The van der Waals surface area contributed by atoms with Crippen LogP contribution in [0.25, 0.3) is 11.3 Å². The number of hydrogen-bond donors (Lipinski definition) is 2. The summed E-state index contributed by atoms with van der Waals surface area (Å²) < 4.78 is 15.0. The Morgan fingerprint density at radius 1 is 1.29 bits per heavy atom. The van der Waals surface area contributed by atoms with Crippen molar-refractivity contribution in [3.63, 3.8) is 0 Å². The molecule has 0 atom stereocenters. The van der Waals surface area contributed by atoms with Crippen LogP contribution in [-0.2, 0) is 11.3 Å². The zero-order chi connectivity index (χ0) is 22.4. The number of hydrogen-bond acceptors (Lipinski definition) is 6. The van der Waals surface area contributed by atoms with E-state index >= 15 is 0 Å². The van der Waals surface area contributed by atoms with Gasteiger partial charge in [-0.15, -0.1) is 10.2 Å². The van der Waals surface area contributed by atoms with Gasteiger partial charge < -0.3 is 10.6 Å². The summed E-state index contributed by atoms with van der Waals surface area (Å²) in [6.07, 6.45) is 4.95. The number of anilines is 1. The molecule has 0 saturated heterocycles. The molecule has 0 spiro atoms. The van der Waals surface area contributed by atoms with E-state index in [4.69, 9.17) is 0 Å².